The van der Waals surface area contributed by atoms with Crippen molar-refractivity contribution in [3.63, 3.8) is 0 Å². The van der Waals surface area contributed by atoms with Crippen molar-refractivity contribution < 1.29 is 23.9 Å². The molecule has 27 heavy (non-hydrogen) atoms. The van der Waals surface area contributed by atoms with Crippen LogP contribution in [0.3, 0.4) is 0 Å². The van der Waals surface area contributed by atoms with Gasteiger partial charge in [-0.05, 0) is 36.1 Å². The second kappa shape index (κ2) is 9.38. The van der Waals surface area contributed by atoms with Crippen LogP contribution < -0.4 is 15.7 Å². The van der Waals surface area contributed by atoms with Gasteiger partial charge in [0.2, 0.25) is 0 Å². The Labute approximate surface area is 157 Å². The molecule has 1 aromatic heterocycles. The van der Waals surface area contributed by atoms with E-state index in [0.717, 1.165) is 0 Å². The molecule has 0 fully saturated rings. The average Bonchev–Trinajstić information content (AvgIpc) is 3.15. The molecule has 2 N–H and O–H groups in total. The predicted octanol–water partition coefficient (Wildman–Crippen LogP) is 1.33. The summed E-state index contributed by atoms with van der Waals surface area (Å²) in [7, 11) is 0. The number of carboxylic acid groups (broad SMARTS) is 1. The van der Waals surface area contributed by atoms with Gasteiger partial charge in [0.15, 0.2) is 5.76 Å². The van der Waals surface area contributed by atoms with Gasteiger partial charge in [0, 0.05) is 0 Å². The molecule has 1 heterocycles. The summed E-state index contributed by atoms with van der Waals surface area (Å²) in [5.74, 6) is -2.67. The maximum absolute atomic E-state index is 12.6. The van der Waals surface area contributed by atoms with Crippen LogP contribution in [0.2, 0.25) is 0 Å². The lowest BCUT2D eigenvalue weighted by Crippen LogP contribution is -2.50. The molecule has 0 aliphatic rings. The highest BCUT2D eigenvalue weighted by Gasteiger charge is 2.20. The Morgan fingerprint density at radius 2 is 1.81 bits per heavy atom. The number of carbonyl (C=O) groups is 3. The molecule has 0 unspecified atom stereocenters. The minimum atomic E-state index is -1.38. The van der Waals surface area contributed by atoms with Crippen LogP contribution in [0.4, 0.5) is 0 Å². The Kier molecular flexibility index (Phi) is 6.93. The van der Waals surface area contributed by atoms with Crippen LogP contribution in [-0.4, -0.2) is 23.8 Å². The molecular formula is C20H21N2O5-. The Hall–Kier alpha value is -3.35. The summed E-state index contributed by atoms with van der Waals surface area (Å²) in [6, 6.07) is 10.7. The van der Waals surface area contributed by atoms with Crippen molar-refractivity contribution in [3.05, 3.63) is 65.7 Å². The SMILES string of the molecule is CC(C)C[C@@H](NC(=O)/C(=C\c1ccccc1)NC(=O)c1ccco1)C(=O)[O-]. The fraction of sp³-hybridized carbons (Fsp3) is 0.250. The van der Waals surface area contributed by atoms with Gasteiger partial charge in [0.25, 0.3) is 11.8 Å². The monoisotopic (exact) mass is 369 g/mol. The Morgan fingerprint density at radius 3 is 2.37 bits per heavy atom. The number of rotatable bonds is 8. The van der Waals surface area contributed by atoms with Crippen molar-refractivity contribution in [3.8, 4) is 0 Å². The Balaban J connectivity index is 2.25. The quantitative estimate of drug-likeness (QED) is 0.682. The second-order valence-electron chi connectivity index (χ2n) is 6.37. The number of carboxylic acids is 1. The predicted molar refractivity (Wildman–Crippen MR) is 97.0 cm³/mol. The summed E-state index contributed by atoms with van der Waals surface area (Å²) in [4.78, 5) is 36.2. The standard InChI is InChI=1S/C20H22N2O5/c1-13(2)11-16(20(25)26)22-18(23)15(12-14-7-4-3-5-8-14)21-19(24)17-9-6-10-27-17/h3-10,12-13,16H,11H2,1-2H3,(H,21,24)(H,22,23)(H,25,26)/p-1/b15-12+/t16-/m1/s1. The van der Waals surface area contributed by atoms with Crippen LogP contribution >= 0.6 is 0 Å². The van der Waals surface area contributed by atoms with E-state index in [1.54, 1.807) is 30.3 Å². The molecule has 2 aromatic rings. The molecule has 1 aromatic carbocycles. The van der Waals surface area contributed by atoms with Crippen molar-refractivity contribution in [2.75, 3.05) is 0 Å². The molecule has 2 rings (SSSR count). The van der Waals surface area contributed by atoms with Gasteiger partial charge in [-0.2, -0.15) is 0 Å². The summed E-state index contributed by atoms with van der Waals surface area (Å²) in [6.07, 6.45) is 3.00. The number of furan rings is 1. The number of aliphatic carboxylic acids is 1. The molecule has 7 nitrogen and oxygen atoms in total. The van der Waals surface area contributed by atoms with Crippen LogP contribution in [0, 0.1) is 5.92 Å². The molecular weight excluding hydrogens is 348 g/mol. The van der Waals surface area contributed by atoms with E-state index in [1.165, 1.54) is 18.4 Å². The third-order valence-electron chi connectivity index (χ3n) is 3.65. The molecule has 0 spiro atoms. The largest absolute Gasteiger partial charge is 0.548 e. The third kappa shape index (κ3) is 6.14. The topological polar surface area (TPSA) is 111 Å². The first-order valence-corrected chi connectivity index (χ1v) is 8.50. The molecule has 142 valence electrons. The Morgan fingerprint density at radius 1 is 1.11 bits per heavy atom. The van der Waals surface area contributed by atoms with Crippen LogP contribution in [-0.2, 0) is 9.59 Å². The summed E-state index contributed by atoms with van der Waals surface area (Å²) >= 11 is 0. The zero-order chi connectivity index (χ0) is 19.8. The van der Waals surface area contributed by atoms with Crippen LogP contribution in [0.1, 0.15) is 36.4 Å². The molecule has 0 radical (unpaired) electrons. The van der Waals surface area contributed by atoms with Gasteiger partial charge in [0.1, 0.15) is 5.70 Å². The summed E-state index contributed by atoms with van der Waals surface area (Å²) < 4.78 is 5.02. The number of benzene rings is 1. The fourth-order valence-corrected chi connectivity index (χ4v) is 2.39. The molecule has 0 aliphatic carbocycles. The lowest BCUT2D eigenvalue weighted by atomic mass is 10.0. The third-order valence-corrected chi connectivity index (χ3v) is 3.65. The first-order chi connectivity index (χ1) is 12.9. The highest BCUT2D eigenvalue weighted by atomic mass is 16.4. The number of nitrogens with one attached hydrogen (secondary N) is 2. The lowest BCUT2D eigenvalue weighted by molar-refractivity contribution is -0.308. The number of hydrogen-bond acceptors (Lipinski definition) is 5. The minimum absolute atomic E-state index is 0.0281. The smallest absolute Gasteiger partial charge is 0.291 e. The molecule has 7 heteroatoms. The van der Waals surface area contributed by atoms with E-state index in [2.05, 4.69) is 10.6 Å². The van der Waals surface area contributed by atoms with Crippen LogP contribution in [0.25, 0.3) is 6.08 Å². The number of amides is 2. The van der Waals surface area contributed by atoms with E-state index < -0.39 is 23.8 Å². The molecule has 2 amide bonds. The second-order valence-corrected chi connectivity index (χ2v) is 6.37. The van der Waals surface area contributed by atoms with Crippen molar-refractivity contribution >= 4 is 23.9 Å². The van der Waals surface area contributed by atoms with Gasteiger partial charge >= 0.3 is 0 Å². The maximum Gasteiger partial charge on any atom is 0.291 e. The molecule has 0 aliphatic heterocycles. The van der Waals surface area contributed by atoms with E-state index in [1.807, 2.05) is 19.9 Å². The molecule has 1 atom stereocenters. The molecule has 0 saturated heterocycles. The van der Waals surface area contributed by atoms with Gasteiger partial charge in [-0.1, -0.05) is 44.2 Å². The van der Waals surface area contributed by atoms with E-state index >= 15 is 0 Å². The van der Waals surface area contributed by atoms with Gasteiger partial charge < -0.3 is 25.0 Å². The van der Waals surface area contributed by atoms with E-state index in [-0.39, 0.29) is 23.8 Å². The van der Waals surface area contributed by atoms with Crippen molar-refractivity contribution in [2.45, 2.75) is 26.3 Å². The minimum Gasteiger partial charge on any atom is -0.548 e. The van der Waals surface area contributed by atoms with Crippen LogP contribution in [0.15, 0.2) is 58.8 Å². The summed E-state index contributed by atoms with van der Waals surface area (Å²) in [6.45, 7) is 3.67. The summed E-state index contributed by atoms with van der Waals surface area (Å²) in [5, 5.41) is 16.2. The zero-order valence-corrected chi connectivity index (χ0v) is 15.1. The zero-order valence-electron chi connectivity index (χ0n) is 15.1. The normalized spacial score (nSPS) is 12.5. The van der Waals surface area contributed by atoms with E-state index in [0.29, 0.717) is 5.56 Å². The maximum atomic E-state index is 12.6. The van der Waals surface area contributed by atoms with E-state index in [4.69, 9.17) is 4.42 Å². The molecule has 0 saturated carbocycles. The van der Waals surface area contributed by atoms with E-state index in [9.17, 15) is 19.5 Å². The first kappa shape index (κ1) is 20.0. The summed E-state index contributed by atoms with van der Waals surface area (Å²) in [5.41, 5.74) is 0.564. The van der Waals surface area contributed by atoms with Crippen molar-refractivity contribution in [1.29, 1.82) is 0 Å². The number of hydrogen-bond donors (Lipinski definition) is 2. The fourth-order valence-electron chi connectivity index (χ4n) is 2.39. The highest BCUT2D eigenvalue weighted by Crippen LogP contribution is 2.09. The number of carbonyl (C=O) groups excluding carboxylic acids is 3. The van der Waals surface area contributed by atoms with Crippen molar-refractivity contribution in [2.24, 2.45) is 5.92 Å². The van der Waals surface area contributed by atoms with Gasteiger partial charge in [-0.3, -0.25) is 9.59 Å². The van der Waals surface area contributed by atoms with Gasteiger partial charge in [-0.25, -0.2) is 0 Å². The van der Waals surface area contributed by atoms with Gasteiger partial charge in [-0.15, -0.1) is 0 Å². The lowest BCUT2D eigenvalue weighted by Gasteiger charge is -2.22. The Bertz CT molecular complexity index is 810. The highest BCUT2D eigenvalue weighted by molar-refractivity contribution is 6.05. The van der Waals surface area contributed by atoms with Gasteiger partial charge in [0.05, 0.1) is 18.3 Å². The van der Waals surface area contributed by atoms with Crippen LogP contribution in [0.5, 0.6) is 0 Å². The first-order valence-electron chi connectivity index (χ1n) is 8.50. The molecule has 0 bridgehead atoms. The average molecular weight is 369 g/mol. The van der Waals surface area contributed by atoms with Crippen molar-refractivity contribution in [1.82, 2.24) is 10.6 Å².